The Labute approximate surface area is 62.8 Å². The Balaban J connectivity index is 3.70. The standard InChI is InChI=1S/C6H11BrF2/c1-6(2,3-4-7)5(8)9/h5H,3-4H2,1-2H3. The third-order valence-electron chi connectivity index (χ3n) is 1.33. The Morgan fingerprint density at radius 1 is 1.44 bits per heavy atom. The summed E-state index contributed by atoms with van der Waals surface area (Å²) in [4.78, 5) is 0. The minimum Gasteiger partial charge on any atom is -0.210 e. The van der Waals surface area contributed by atoms with Crippen LogP contribution in [-0.2, 0) is 0 Å². The zero-order chi connectivity index (χ0) is 7.49. The highest BCUT2D eigenvalue weighted by Crippen LogP contribution is 2.28. The third kappa shape index (κ3) is 3.14. The first kappa shape index (κ1) is 9.34. The van der Waals surface area contributed by atoms with Gasteiger partial charge in [-0.3, -0.25) is 0 Å². The molecule has 0 nitrogen and oxygen atoms in total. The van der Waals surface area contributed by atoms with Crippen LogP contribution in [0.2, 0.25) is 0 Å². The number of hydrogen-bond donors (Lipinski definition) is 0. The fourth-order valence-electron chi connectivity index (χ4n) is 0.353. The van der Waals surface area contributed by atoms with Crippen molar-refractivity contribution in [1.82, 2.24) is 0 Å². The maximum Gasteiger partial charge on any atom is 0.243 e. The second kappa shape index (κ2) is 3.49. The molecule has 0 aromatic rings. The lowest BCUT2D eigenvalue weighted by Crippen LogP contribution is -2.21. The molecule has 0 fully saturated rings. The molecule has 0 unspecified atom stereocenters. The summed E-state index contributed by atoms with van der Waals surface area (Å²) in [6.45, 7) is 3.14. The Morgan fingerprint density at radius 3 is 2.00 bits per heavy atom. The van der Waals surface area contributed by atoms with Crippen LogP contribution >= 0.6 is 15.9 Å². The molecule has 0 saturated carbocycles. The largest absolute Gasteiger partial charge is 0.243 e. The quantitative estimate of drug-likeness (QED) is 0.615. The van der Waals surface area contributed by atoms with Gasteiger partial charge in [0.1, 0.15) is 0 Å². The maximum atomic E-state index is 12.0. The summed E-state index contributed by atoms with van der Waals surface area (Å²) in [5, 5.41) is 0.643. The van der Waals surface area contributed by atoms with E-state index in [1.165, 1.54) is 0 Å². The first-order valence-electron chi connectivity index (χ1n) is 2.85. The Bertz CT molecular complexity index is 81.1. The molecule has 3 heteroatoms. The van der Waals surface area contributed by atoms with Crippen molar-refractivity contribution in [2.24, 2.45) is 5.41 Å². The summed E-state index contributed by atoms with van der Waals surface area (Å²) < 4.78 is 24.0. The Hall–Kier alpha value is 0.340. The minimum atomic E-state index is -2.21. The summed E-state index contributed by atoms with van der Waals surface area (Å²) in [6.07, 6.45) is -1.69. The van der Waals surface area contributed by atoms with Gasteiger partial charge in [0.05, 0.1) is 0 Å². The highest BCUT2D eigenvalue weighted by atomic mass is 79.9. The second-order valence-corrected chi connectivity index (χ2v) is 3.52. The molecule has 56 valence electrons. The molecule has 0 atom stereocenters. The van der Waals surface area contributed by atoms with Gasteiger partial charge in [0.25, 0.3) is 0 Å². The molecule has 0 heterocycles. The van der Waals surface area contributed by atoms with Crippen LogP contribution in [0.1, 0.15) is 20.3 Å². The fraction of sp³-hybridized carbons (Fsp3) is 1.00. The summed E-state index contributed by atoms with van der Waals surface area (Å²) in [6, 6.07) is 0. The first-order valence-corrected chi connectivity index (χ1v) is 3.97. The van der Waals surface area contributed by atoms with E-state index in [9.17, 15) is 8.78 Å². The van der Waals surface area contributed by atoms with E-state index < -0.39 is 11.8 Å². The van der Waals surface area contributed by atoms with E-state index in [-0.39, 0.29) is 0 Å². The van der Waals surface area contributed by atoms with Crippen molar-refractivity contribution in [3.63, 3.8) is 0 Å². The van der Waals surface area contributed by atoms with Gasteiger partial charge in [0, 0.05) is 10.7 Å². The molecule has 0 aliphatic rings. The number of rotatable bonds is 3. The predicted molar refractivity (Wildman–Crippen MR) is 38.2 cm³/mol. The summed E-state index contributed by atoms with van der Waals surface area (Å²) >= 11 is 3.12. The second-order valence-electron chi connectivity index (χ2n) is 2.73. The van der Waals surface area contributed by atoms with Gasteiger partial charge in [-0.25, -0.2) is 8.78 Å². The van der Waals surface area contributed by atoms with Gasteiger partial charge in [-0.15, -0.1) is 0 Å². The smallest absolute Gasteiger partial charge is 0.210 e. The molecule has 0 amide bonds. The van der Waals surface area contributed by atoms with E-state index in [0.29, 0.717) is 11.8 Å². The monoisotopic (exact) mass is 200 g/mol. The van der Waals surface area contributed by atoms with E-state index >= 15 is 0 Å². The van der Waals surface area contributed by atoms with Crippen molar-refractivity contribution in [3.05, 3.63) is 0 Å². The van der Waals surface area contributed by atoms with Gasteiger partial charge in [0.2, 0.25) is 6.43 Å². The average Bonchev–Trinajstić information content (AvgIpc) is 1.65. The lowest BCUT2D eigenvalue weighted by atomic mass is 9.91. The fourth-order valence-corrected chi connectivity index (χ4v) is 1.37. The summed E-state index contributed by atoms with van der Waals surface area (Å²) in [7, 11) is 0. The molecular formula is C6H11BrF2. The SMILES string of the molecule is CC(C)(CCBr)C(F)F. The van der Waals surface area contributed by atoms with Crippen molar-refractivity contribution in [2.75, 3.05) is 5.33 Å². The number of halogens is 3. The van der Waals surface area contributed by atoms with Crippen LogP contribution in [0.5, 0.6) is 0 Å². The predicted octanol–water partition coefficient (Wildman–Crippen LogP) is 3.06. The van der Waals surface area contributed by atoms with Crippen LogP contribution in [0.3, 0.4) is 0 Å². The van der Waals surface area contributed by atoms with E-state index in [1.54, 1.807) is 13.8 Å². The van der Waals surface area contributed by atoms with Gasteiger partial charge < -0.3 is 0 Å². The van der Waals surface area contributed by atoms with Crippen molar-refractivity contribution in [2.45, 2.75) is 26.7 Å². The molecule has 0 spiro atoms. The van der Waals surface area contributed by atoms with Crippen molar-refractivity contribution >= 4 is 15.9 Å². The summed E-state index contributed by atoms with van der Waals surface area (Å²) in [5.41, 5.74) is -0.830. The van der Waals surface area contributed by atoms with Gasteiger partial charge in [-0.05, 0) is 6.42 Å². The van der Waals surface area contributed by atoms with Crippen LogP contribution < -0.4 is 0 Å². The van der Waals surface area contributed by atoms with Crippen molar-refractivity contribution in [1.29, 1.82) is 0 Å². The van der Waals surface area contributed by atoms with Crippen LogP contribution in [0.15, 0.2) is 0 Å². The summed E-state index contributed by atoms with van der Waals surface area (Å²) in [5.74, 6) is 0. The van der Waals surface area contributed by atoms with Gasteiger partial charge in [-0.2, -0.15) is 0 Å². The maximum absolute atomic E-state index is 12.0. The van der Waals surface area contributed by atoms with Gasteiger partial charge >= 0.3 is 0 Å². The molecule has 0 aliphatic heterocycles. The van der Waals surface area contributed by atoms with Crippen LogP contribution in [0, 0.1) is 5.41 Å². The molecule has 0 rings (SSSR count). The first-order chi connectivity index (χ1) is 4.00. The van der Waals surface area contributed by atoms with Crippen LogP contribution in [-0.4, -0.2) is 11.8 Å². The minimum absolute atomic E-state index is 0.519. The van der Waals surface area contributed by atoms with E-state index in [2.05, 4.69) is 15.9 Å². The lowest BCUT2D eigenvalue weighted by molar-refractivity contribution is 0.0183. The zero-order valence-corrected chi connectivity index (χ0v) is 7.21. The molecule has 0 saturated heterocycles. The molecule has 0 aliphatic carbocycles. The van der Waals surface area contributed by atoms with E-state index in [0.717, 1.165) is 0 Å². The Morgan fingerprint density at radius 2 is 1.89 bits per heavy atom. The van der Waals surface area contributed by atoms with Gasteiger partial charge in [0.15, 0.2) is 0 Å². The lowest BCUT2D eigenvalue weighted by Gasteiger charge is -2.21. The zero-order valence-electron chi connectivity index (χ0n) is 5.63. The normalized spacial score (nSPS) is 12.7. The van der Waals surface area contributed by atoms with Gasteiger partial charge in [-0.1, -0.05) is 29.8 Å². The van der Waals surface area contributed by atoms with Crippen molar-refractivity contribution < 1.29 is 8.78 Å². The number of alkyl halides is 3. The molecule has 0 bridgehead atoms. The topological polar surface area (TPSA) is 0 Å². The molecule has 0 radical (unpaired) electrons. The number of hydrogen-bond acceptors (Lipinski definition) is 0. The Kier molecular flexibility index (Phi) is 3.63. The molecular weight excluding hydrogens is 190 g/mol. The van der Waals surface area contributed by atoms with Crippen molar-refractivity contribution in [3.8, 4) is 0 Å². The van der Waals surface area contributed by atoms with Crippen LogP contribution in [0.4, 0.5) is 8.78 Å². The average molecular weight is 201 g/mol. The molecule has 0 aromatic heterocycles. The van der Waals surface area contributed by atoms with Crippen LogP contribution in [0.25, 0.3) is 0 Å². The van der Waals surface area contributed by atoms with E-state index in [4.69, 9.17) is 0 Å². The molecule has 9 heavy (non-hydrogen) atoms. The van der Waals surface area contributed by atoms with E-state index in [1.807, 2.05) is 0 Å². The molecule has 0 aromatic carbocycles. The highest BCUT2D eigenvalue weighted by Gasteiger charge is 2.28. The third-order valence-corrected chi connectivity index (χ3v) is 1.73. The highest BCUT2D eigenvalue weighted by molar-refractivity contribution is 9.09. The molecule has 0 N–H and O–H groups in total.